The van der Waals surface area contributed by atoms with Crippen LogP contribution in [0.3, 0.4) is 0 Å². The molecule has 3 N–H and O–H groups in total. The van der Waals surface area contributed by atoms with E-state index < -0.39 is 11.2 Å². The molecule has 4 rings (SSSR count). The van der Waals surface area contributed by atoms with Gasteiger partial charge in [0.25, 0.3) is 0 Å². The van der Waals surface area contributed by atoms with Gasteiger partial charge in [0.2, 0.25) is 0 Å². The largest absolute Gasteiger partial charge is 0.381 e. The molecule has 0 aliphatic heterocycles. The molecular formula is C17H16N2O2. The van der Waals surface area contributed by atoms with Gasteiger partial charge in [0.15, 0.2) is 0 Å². The van der Waals surface area contributed by atoms with E-state index in [4.69, 9.17) is 0 Å². The first-order chi connectivity index (χ1) is 9.94. The summed E-state index contributed by atoms with van der Waals surface area (Å²) < 4.78 is 0. The summed E-state index contributed by atoms with van der Waals surface area (Å²) in [5, 5.41) is 23.1. The van der Waals surface area contributed by atoms with Crippen LogP contribution >= 0.6 is 0 Å². The fraction of sp³-hybridized carbons (Fsp3) is 0.235. The fourth-order valence-corrected chi connectivity index (χ4v) is 3.49. The number of hydrogen-bond acceptors (Lipinski definition) is 3. The maximum absolute atomic E-state index is 11.1. The van der Waals surface area contributed by atoms with Crippen LogP contribution in [0.25, 0.3) is 10.9 Å². The van der Waals surface area contributed by atoms with Crippen LogP contribution in [0.1, 0.15) is 36.2 Å². The molecule has 2 aromatic heterocycles. The standard InChI is InChI=1S/C17H16N2O2/c1-16(20)11-7-8-18-9-12(11)17(2,21)15-14(16)10-5-3-4-6-13(10)19-15/h3-9,19-21H,1-2H3. The summed E-state index contributed by atoms with van der Waals surface area (Å²) in [5.41, 5.74) is 1.23. The third-order valence-corrected chi connectivity index (χ3v) is 4.55. The van der Waals surface area contributed by atoms with Crippen LogP contribution < -0.4 is 0 Å². The lowest BCUT2D eigenvalue weighted by atomic mass is 9.72. The van der Waals surface area contributed by atoms with Crippen LogP contribution in [-0.2, 0) is 11.2 Å². The van der Waals surface area contributed by atoms with Gasteiger partial charge in [-0.05, 0) is 31.5 Å². The lowest BCUT2D eigenvalue weighted by Gasteiger charge is -2.39. The Labute approximate surface area is 122 Å². The third-order valence-electron chi connectivity index (χ3n) is 4.55. The molecule has 4 heteroatoms. The molecule has 1 aliphatic rings. The molecule has 4 nitrogen and oxygen atoms in total. The van der Waals surface area contributed by atoms with E-state index in [0.29, 0.717) is 16.8 Å². The van der Waals surface area contributed by atoms with E-state index in [1.807, 2.05) is 24.3 Å². The van der Waals surface area contributed by atoms with Gasteiger partial charge in [-0.1, -0.05) is 18.2 Å². The summed E-state index contributed by atoms with van der Waals surface area (Å²) in [6, 6.07) is 9.55. The van der Waals surface area contributed by atoms with Crippen LogP contribution in [0.4, 0.5) is 0 Å². The first kappa shape index (κ1) is 12.6. The highest BCUT2D eigenvalue weighted by molar-refractivity contribution is 5.87. The van der Waals surface area contributed by atoms with E-state index in [2.05, 4.69) is 9.97 Å². The molecule has 0 saturated heterocycles. The predicted octanol–water partition coefficient (Wildman–Crippen LogP) is 2.39. The second-order valence-corrected chi connectivity index (χ2v) is 5.99. The Morgan fingerprint density at radius 3 is 2.57 bits per heavy atom. The zero-order valence-electron chi connectivity index (χ0n) is 11.9. The minimum atomic E-state index is -1.21. The van der Waals surface area contributed by atoms with E-state index in [0.717, 1.165) is 16.5 Å². The number of hydrogen-bond donors (Lipinski definition) is 3. The number of aromatic nitrogens is 2. The third kappa shape index (κ3) is 1.43. The second-order valence-electron chi connectivity index (χ2n) is 5.99. The van der Waals surface area contributed by atoms with Crippen LogP contribution in [0.15, 0.2) is 42.7 Å². The minimum Gasteiger partial charge on any atom is -0.381 e. The van der Waals surface area contributed by atoms with Gasteiger partial charge < -0.3 is 15.2 Å². The van der Waals surface area contributed by atoms with Gasteiger partial charge in [0.1, 0.15) is 11.2 Å². The zero-order chi connectivity index (χ0) is 14.8. The Morgan fingerprint density at radius 2 is 1.76 bits per heavy atom. The van der Waals surface area contributed by atoms with E-state index in [1.165, 1.54) is 0 Å². The van der Waals surface area contributed by atoms with Gasteiger partial charge in [0, 0.05) is 34.4 Å². The summed E-state index contributed by atoms with van der Waals surface area (Å²) in [4.78, 5) is 7.37. The van der Waals surface area contributed by atoms with Crippen molar-refractivity contribution in [1.29, 1.82) is 0 Å². The number of aliphatic hydroxyl groups is 2. The Balaban J connectivity index is 2.19. The van der Waals surface area contributed by atoms with Crippen molar-refractivity contribution >= 4 is 10.9 Å². The summed E-state index contributed by atoms with van der Waals surface area (Å²) in [7, 11) is 0. The fourth-order valence-electron chi connectivity index (χ4n) is 3.49. The number of fused-ring (bicyclic) bond motifs is 4. The maximum atomic E-state index is 11.1. The molecule has 0 amide bonds. The topological polar surface area (TPSA) is 69.1 Å². The van der Waals surface area contributed by atoms with Crippen molar-refractivity contribution in [2.45, 2.75) is 25.0 Å². The van der Waals surface area contributed by atoms with Crippen molar-refractivity contribution in [3.05, 3.63) is 65.1 Å². The predicted molar refractivity (Wildman–Crippen MR) is 79.9 cm³/mol. The van der Waals surface area contributed by atoms with Crippen LogP contribution in [0.2, 0.25) is 0 Å². The lowest BCUT2D eigenvalue weighted by Crippen LogP contribution is -2.39. The SMILES string of the molecule is CC1(O)c2cnccc2C(C)(O)c2c1[nH]c1ccccc21. The van der Waals surface area contributed by atoms with Crippen LogP contribution in [-0.4, -0.2) is 20.2 Å². The quantitative estimate of drug-likeness (QED) is 0.592. The molecule has 0 radical (unpaired) electrons. The molecule has 106 valence electrons. The summed E-state index contributed by atoms with van der Waals surface area (Å²) in [6.45, 7) is 3.50. The van der Waals surface area contributed by atoms with Crippen molar-refractivity contribution in [3.63, 3.8) is 0 Å². The summed E-state index contributed by atoms with van der Waals surface area (Å²) in [6.07, 6.45) is 3.27. The van der Waals surface area contributed by atoms with Gasteiger partial charge in [-0.15, -0.1) is 0 Å². The number of rotatable bonds is 0. The molecule has 0 fully saturated rings. The molecule has 2 atom stereocenters. The van der Waals surface area contributed by atoms with Gasteiger partial charge in [-0.3, -0.25) is 4.98 Å². The van der Waals surface area contributed by atoms with Crippen LogP contribution in [0.5, 0.6) is 0 Å². The highest BCUT2D eigenvalue weighted by atomic mass is 16.3. The number of nitrogens with zero attached hydrogens (tertiary/aromatic N) is 1. The maximum Gasteiger partial charge on any atom is 0.129 e. The zero-order valence-corrected chi connectivity index (χ0v) is 11.9. The summed E-state index contributed by atoms with van der Waals surface area (Å²) >= 11 is 0. The Bertz CT molecular complexity index is 862. The van der Waals surface area contributed by atoms with E-state index >= 15 is 0 Å². The van der Waals surface area contributed by atoms with Crippen molar-refractivity contribution < 1.29 is 10.2 Å². The molecular weight excluding hydrogens is 264 g/mol. The molecule has 1 aromatic carbocycles. The highest BCUT2D eigenvalue weighted by Gasteiger charge is 2.47. The lowest BCUT2D eigenvalue weighted by molar-refractivity contribution is 0.0493. The number of benzene rings is 1. The molecule has 3 aromatic rings. The van der Waals surface area contributed by atoms with Gasteiger partial charge >= 0.3 is 0 Å². The smallest absolute Gasteiger partial charge is 0.129 e. The number of H-pyrrole nitrogens is 1. The number of para-hydroxylation sites is 1. The molecule has 21 heavy (non-hydrogen) atoms. The van der Waals surface area contributed by atoms with Gasteiger partial charge in [-0.2, -0.15) is 0 Å². The average Bonchev–Trinajstić information content (AvgIpc) is 2.87. The summed E-state index contributed by atoms with van der Waals surface area (Å²) in [5.74, 6) is 0. The molecule has 2 heterocycles. The molecule has 2 unspecified atom stereocenters. The molecule has 1 aliphatic carbocycles. The van der Waals surface area contributed by atoms with Crippen molar-refractivity contribution in [2.75, 3.05) is 0 Å². The first-order valence-corrected chi connectivity index (χ1v) is 6.95. The Hall–Kier alpha value is -2.17. The first-order valence-electron chi connectivity index (χ1n) is 6.95. The number of aromatic amines is 1. The van der Waals surface area contributed by atoms with E-state index in [1.54, 1.807) is 32.3 Å². The monoisotopic (exact) mass is 280 g/mol. The van der Waals surface area contributed by atoms with E-state index in [9.17, 15) is 10.2 Å². The number of pyridine rings is 1. The molecule has 0 spiro atoms. The van der Waals surface area contributed by atoms with Crippen LogP contribution in [0, 0.1) is 0 Å². The Kier molecular flexibility index (Phi) is 2.23. The van der Waals surface area contributed by atoms with Crippen molar-refractivity contribution in [1.82, 2.24) is 9.97 Å². The minimum absolute atomic E-state index is 0.633. The Morgan fingerprint density at radius 1 is 1.00 bits per heavy atom. The molecule has 0 bridgehead atoms. The normalized spacial score (nSPS) is 27.4. The number of nitrogens with one attached hydrogen (secondary N) is 1. The van der Waals surface area contributed by atoms with Gasteiger partial charge in [0.05, 0.1) is 5.69 Å². The van der Waals surface area contributed by atoms with Crippen molar-refractivity contribution in [2.24, 2.45) is 0 Å². The van der Waals surface area contributed by atoms with Gasteiger partial charge in [-0.25, -0.2) is 0 Å². The second kappa shape index (κ2) is 3.72. The van der Waals surface area contributed by atoms with Crippen molar-refractivity contribution in [3.8, 4) is 0 Å². The average molecular weight is 280 g/mol. The highest BCUT2D eigenvalue weighted by Crippen LogP contribution is 2.49. The molecule has 0 saturated carbocycles. The van der Waals surface area contributed by atoms with E-state index in [-0.39, 0.29) is 0 Å².